The highest BCUT2D eigenvalue weighted by molar-refractivity contribution is 5.79. The van der Waals surface area contributed by atoms with Crippen LogP contribution < -0.4 is 5.32 Å². The fourth-order valence-electron chi connectivity index (χ4n) is 3.64. The van der Waals surface area contributed by atoms with Gasteiger partial charge in [-0.15, -0.1) is 0 Å². The van der Waals surface area contributed by atoms with Gasteiger partial charge >= 0.3 is 0 Å². The van der Waals surface area contributed by atoms with Crippen LogP contribution in [-0.2, 0) is 16.0 Å². The first-order valence-corrected chi connectivity index (χ1v) is 8.86. The molecule has 0 aliphatic carbocycles. The Hall–Kier alpha value is -1.50. The third kappa shape index (κ3) is 4.53. The smallest absolute Gasteiger partial charge is 0.223 e. The highest BCUT2D eigenvalue weighted by Gasteiger charge is 2.32. The number of nitrogens with one attached hydrogen (secondary N) is 1. The first kappa shape index (κ1) is 17.3. The van der Waals surface area contributed by atoms with Gasteiger partial charge in [-0.3, -0.25) is 9.78 Å². The SMILES string of the molecule is O=C(N[C@@H]1COC[C@H]1Cc1ccncc1)C1CCN(CCO)CC1. The number of rotatable bonds is 6. The van der Waals surface area contributed by atoms with Gasteiger partial charge in [-0.05, 0) is 50.0 Å². The Labute approximate surface area is 143 Å². The van der Waals surface area contributed by atoms with E-state index in [4.69, 9.17) is 9.84 Å². The van der Waals surface area contributed by atoms with Crippen LogP contribution in [0.1, 0.15) is 18.4 Å². The number of hydrogen-bond acceptors (Lipinski definition) is 5. The first-order chi connectivity index (χ1) is 11.8. The number of aromatic nitrogens is 1. The second kappa shape index (κ2) is 8.55. The molecule has 2 aliphatic heterocycles. The van der Waals surface area contributed by atoms with Gasteiger partial charge in [0.1, 0.15) is 0 Å². The van der Waals surface area contributed by atoms with E-state index in [-0.39, 0.29) is 24.5 Å². The van der Waals surface area contributed by atoms with Gasteiger partial charge in [0.25, 0.3) is 0 Å². The number of likely N-dealkylation sites (tertiary alicyclic amines) is 1. The summed E-state index contributed by atoms with van der Waals surface area (Å²) in [5.74, 6) is 0.571. The van der Waals surface area contributed by atoms with Crippen LogP contribution >= 0.6 is 0 Å². The number of aliphatic hydroxyl groups excluding tert-OH is 1. The van der Waals surface area contributed by atoms with Gasteiger partial charge in [-0.2, -0.15) is 0 Å². The molecule has 3 rings (SSSR count). The van der Waals surface area contributed by atoms with Gasteiger partial charge in [0.05, 0.1) is 25.9 Å². The lowest BCUT2D eigenvalue weighted by atomic mass is 9.92. The third-order valence-corrected chi connectivity index (χ3v) is 5.15. The molecule has 1 aromatic rings. The number of hydrogen-bond donors (Lipinski definition) is 2. The van der Waals surface area contributed by atoms with Crippen LogP contribution in [0.3, 0.4) is 0 Å². The molecule has 6 heteroatoms. The number of aliphatic hydroxyl groups is 1. The van der Waals surface area contributed by atoms with Gasteiger partial charge < -0.3 is 20.1 Å². The monoisotopic (exact) mass is 333 g/mol. The van der Waals surface area contributed by atoms with E-state index in [1.807, 2.05) is 12.1 Å². The summed E-state index contributed by atoms with van der Waals surface area (Å²) in [5.41, 5.74) is 1.23. The second-order valence-electron chi connectivity index (χ2n) is 6.81. The van der Waals surface area contributed by atoms with Crippen molar-refractivity contribution in [2.45, 2.75) is 25.3 Å². The molecule has 2 N–H and O–H groups in total. The van der Waals surface area contributed by atoms with Crippen LogP contribution in [0.5, 0.6) is 0 Å². The summed E-state index contributed by atoms with van der Waals surface area (Å²) >= 11 is 0. The molecular formula is C18H27N3O3. The maximum Gasteiger partial charge on any atom is 0.223 e. The van der Waals surface area contributed by atoms with Crippen molar-refractivity contribution in [1.29, 1.82) is 0 Å². The normalized spacial score (nSPS) is 25.7. The maximum atomic E-state index is 12.6. The molecule has 2 fully saturated rings. The first-order valence-electron chi connectivity index (χ1n) is 8.86. The molecule has 2 saturated heterocycles. The highest BCUT2D eigenvalue weighted by Crippen LogP contribution is 2.22. The van der Waals surface area contributed by atoms with Gasteiger partial charge in [-0.1, -0.05) is 0 Å². The summed E-state index contributed by atoms with van der Waals surface area (Å²) < 4.78 is 5.61. The number of amides is 1. The van der Waals surface area contributed by atoms with Crippen molar-refractivity contribution in [3.8, 4) is 0 Å². The summed E-state index contributed by atoms with van der Waals surface area (Å²) in [5, 5.41) is 12.2. The van der Waals surface area contributed by atoms with Gasteiger partial charge in [0, 0.05) is 30.8 Å². The van der Waals surface area contributed by atoms with Crippen LogP contribution in [-0.4, -0.2) is 66.4 Å². The molecule has 0 saturated carbocycles. The fraction of sp³-hybridized carbons (Fsp3) is 0.667. The molecule has 3 heterocycles. The molecule has 132 valence electrons. The van der Waals surface area contributed by atoms with Crippen LogP contribution in [0.15, 0.2) is 24.5 Å². The third-order valence-electron chi connectivity index (χ3n) is 5.15. The average Bonchev–Trinajstić information content (AvgIpc) is 3.03. The van der Waals surface area contributed by atoms with E-state index in [1.54, 1.807) is 12.4 Å². The predicted molar refractivity (Wildman–Crippen MR) is 90.4 cm³/mol. The Morgan fingerprint density at radius 2 is 2.04 bits per heavy atom. The van der Waals surface area contributed by atoms with Crippen molar-refractivity contribution in [3.05, 3.63) is 30.1 Å². The van der Waals surface area contributed by atoms with Crippen LogP contribution in [0.2, 0.25) is 0 Å². The molecule has 0 radical (unpaired) electrons. The van der Waals surface area contributed by atoms with E-state index < -0.39 is 0 Å². The van der Waals surface area contributed by atoms with E-state index in [2.05, 4.69) is 15.2 Å². The van der Waals surface area contributed by atoms with Gasteiger partial charge in [0.15, 0.2) is 0 Å². The van der Waals surface area contributed by atoms with Crippen molar-refractivity contribution in [2.75, 3.05) is 39.5 Å². The standard InChI is InChI=1S/C18H27N3O3/c22-10-9-21-7-3-15(4-8-21)18(23)20-17-13-24-12-16(17)11-14-1-5-19-6-2-14/h1-2,5-6,15-17,22H,3-4,7-13H2,(H,20,23)/t16-,17-/m1/s1. The maximum absolute atomic E-state index is 12.6. The number of carbonyl (C=O) groups excluding carboxylic acids is 1. The van der Waals surface area contributed by atoms with Crippen molar-refractivity contribution in [2.24, 2.45) is 11.8 Å². The molecule has 1 amide bonds. The zero-order valence-electron chi connectivity index (χ0n) is 14.1. The molecule has 2 aliphatic rings. The minimum absolute atomic E-state index is 0.0853. The van der Waals surface area contributed by atoms with Crippen LogP contribution in [0, 0.1) is 11.8 Å². The molecule has 0 spiro atoms. The number of nitrogens with zero attached hydrogens (tertiary/aromatic N) is 2. The van der Waals surface area contributed by atoms with Crippen LogP contribution in [0.25, 0.3) is 0 Å². The second-order valence-corrected chi connectivity index (χ2v) is 6.81. The van der Waals surface area contributed by atoms with Crippen LogP contribution in [0.4, 0.5) is 0 Å². The largest absolute Gasteiger partial charge is 0.395 e. The number of β-amino-alcohol motifs (C(OH)–C–C–N with tert-alkyl or cyclic N) is 1. The number of carbonyl (C=O) groups is 1. The molecule has 0 unspecified atom stereocenters. The summed E-state index contributed by atoms with van der Waals surface area (Å²) in [4.78, 5) is 18.8. The lowest BCUT2D eigenvalue weighted by molar-refractivity contribution is -0.127. The minimum Gasteiger partial charge on any atom is -0.395 e. The Balaban J connectivity index is 1.48. The van der Waals surface area contributed by atoms with Crippen molar-refractivity contribution < 1.29 is 14.6 Å². The van der Waals surface area contributed by atoms with Gasteiger partial charge in [0.2, 0.25) is 5.91 Å². The molecule has 0 aromatic carbocycles. The zero-order valence-corrected chi connectivity index (χ0v) is 14.1. The summed E-state index contributed by atoms with van der Waals surface area (Å²) in [6, 6.07) is 4.14. The van der Waals surface area contributed by atoms with E-state index in [0.717, 1.165) is 32.4 Å². The van der Waals surface area contributed by atoms with E-state index in [0.29, 0.717) is 25.7 Å². The van der Waals surface area contributed by atoms with Crippen molar-refractivity contribution in [1.82, 2.24) is 15.2 Å². The number of ether oxygens (including phenoxy) is 1. The average molecular weight is 333 g/mol. The van der Waals surface area contributed by atoms with Crippen molar-refractivity contribution in [3.63, 3.8) is 0 Å². The Morgan fingerprint density at radius 3 is 2.75 bits per heavy atom. The molecule has 1 aromatic heterocycles. The zero-order chi connectivity index (χ0) is 16.8. The minimum atomic E-state index is 0.0853. The summed E-state index contributed by atoms with van der Waals surface area (Å²) in [7, 11) is 0. The highest BCUT2D eigenvalue weighted by atomic mass is 16.5. The molecular weight excluding hydrogens is 306 g/mol. The lowest BCUT2D eigenvalue weighted by Gasteiger charge is -2.31. The summed E-state index contributed by atoms with van der Waals surface area (Å²) in [6.45, 7) is 3.97. The van der Waals surface area contributed by atoms with Crippen molar-refractivity contribution >= 4 is 5.91 Å². The van der Waals surface area contributed by atoms with E-state index in [9.17, 15) is 4.79 Å². The topological polar surface area (TPSA) is 74.7 Å². The molecule has 24 heavy (non-hydrogen) atoms. The summed E-state index contributed by atoms with van der Waals surface area (Å²) in [6.07, 6.45) is 6.25. The van der Waals surface area contributed by atoms with E-state index >= 15 is 0 Å². The van der Waals surface area contributed by atoms with Gasteiger partial charge in [-0.25, -0.2) is 0 Å². The lowest BCUT2D eigenvalue weighted by Crippen LogP contribution is -2.46. The Morgan fingerprint density at radius 1 is 1.29 bits per heavy atom. The number of piperidine rings is 1. The predicted octanol–water partition coefficient (Wildman–Crippen LogP) is 0.460. The quantitative estimate of drug-likeness (QED) is 0.791. The Bertz CT molecular complexity index is 518. The van der Waals surface area contributed by atoms with E-state index in [1.165, 1.54) is 5.56 Å². The fourth-order valence-corrected chi connectivity index (χ4v) is 3.64. The molecule has 0 bridgehead atoms. The number of pyridine rings is 1. The molecule has 2 atom stereocenters. The Kier molecular flexibility index (Phi) is 6.18. The molecule has 6 nitrogen and oxygen atoms in total.